The molecule has 0 radical (unpaired) electrons. The number of ether oxygens (including phenoxy) is 1. The van der Waals surface area contributed by atoms with Crippen molar-refractivity contribution in [1.82, 2.24) is 0 Å². The molecule has 6 nitrogen and oxygen atoms in total. The maximum Gasteiger partial charge on any atom is 0.573 e. The monoisotopic (exact) mass is 349 g/mol. The van der Waals surface area contributed by atoms with Crippen molar-refractivity contribution in [1.29, 1.82) is 5.26 Å². The van der Waals surface area contributed by atoms with Gasteiger partial charge in [0.05, 0.1) is 23.0 Å². The predicted molar refractivity (Wildman–Crippen MR) is 87.5 cm³/mol. The molecule has 0 amide bonds. The molecular formula is C16H14F3N5O. The van der Waals surface area contributed by atoms with E-state index in [1.807, 2.05) is 6.07 Å². The van der Waals surface area contributed by atoms with Crippen LogP contribution in [0.25, 0.3) is 5.70 Å². The Bertz CT molecular complexity index is 825. The molecule has 0 aliphatic heterocycles. The Morgan fingerprint density at radius 3 is 2.36 bits per heavy atom. The lowest BCUT2D eigenvalue weighted by atomic mass is 10.1. The van der Waals surface area contributed by atoms with Gasteiger partial charge in [-0.05, 0) is 29.8 Å². The van der Waals surface area contributed by atoms with E-state index in [0.29, 0.717) is 11.1 Å². The predicted octanol–water partition coefficient (Wildman–Crippen LogP) is 2.68. The summed E-state index contributed by atoms with van der Waals surface area (Å²) in [4.78, 5) is 0. The third kappa shape index (κ3) is 4.55. The van der Waals surface area contributed by atoms with Crippen LogP contribution >= 0.6 is 0 Å². The molecule has 0 saturated carbocycles. The fourth-order valence-corrected chi connectivity index (χ4v) is 2.05. The number of benzene rings is 2. The Labute approximate surface area is 141 Å². The fourth-order valence-electron chi connectivity index (χ4n) is 2.05. The van der Waals surface area contributed by atoms with Gasteiger partial charge >= 0.3 is 6.36 Å². The van der Waals surface area contributed by atoms with Crippen molar-refractivity contribution in [3.63, 3.8) is 0 Å². The van der Waals surface area contributed by atoms with Gasteiger partial charge in [-0.25, -0.2) is 5.84 Å². The van der Waals surface area contributed by atoms with Crippen LogP contribution < -0.4 is 27.1 Å². The van der Waals surface area contributed by atoms with Gasteiger partial charge in [0, 0.05) is 6.20 Å². The summed E-state index contributed by atoms with van der Waals surface area (Å²) in [7, 11) is 0. The van der Waals surface area contributed by atoms with Crippen molar-refractivity contribution in [2.24, 2.45) is 11.6 Å². The first kappa shape index (κ1) is 18.0. The third-order valence-corrected chi connectivity index (χ3v) is 3.14. The minimum Gasteiger partial charge on any atom is -0.403 e. The number of nitrogens with zero attached hydrogens (tertiary/aromatic N) is 2. The summed E-state index contributed by atoms with van der Waals surface area (Å²) in [6.07, 6.45) is -3.69. The number of alkyl halides is 3. The van der Waals surface area contributed by atoms with E-state index in [9.17, 15) is 13.2 Å². The van der Waals surface area contributed by atoms with Crippen molar-refractivity contribution < 1.29 is 17.9 Å². The number of para-hydroxylation sites is 1. The normalized spacial score (nSPS) is 11.7. The number of nitriles is 1. The quantitative estimate of drug-likeness (QED) is 0.444. The summed E-state index contributed by atoms with van der Waals surface area (Å²) in [5.41, 5.74) is 12.5. The fraction of sp³-hybridized carbons (Fsp3) is 0.0625. The molecule has 0 bridgehead atoms. The molecule has 0 aromatic heterocycles. The summed E-state index contributed by atoms with van der Waals surface area (Å²) in [5.74, 6) is 5.25. The number of rotatable bonds is 4. The molecule has 0 aliphatic rings. The van der Waals surface area contributed by atoms with E-state index in [4.69, 9.17) is 22.6 Å². The third-order valence-electron chi connectivity index (χ3n) is 3.14. The zero-order chi connectivity index (χ0) is 18.6. The van der Waals surface area contributed by atoms with Crippen molar-refractivity contribution >= 4 is 17.1 Å². The van der Waals surface area contributed by atoms with Crippen molar-refractivity contribution in [3.8, 4) is 11.8 Å². The number of hydrogen-bond acceptors (Lipinski definition) is 6. The summed E-state index contributed by atoms with van der Waals surface area (Å²) >= 11 is 0. The molecule has 0 spiro atoms. The van der Waals surface area contributed by atoms with Crippen LogP contribution in [0.15, 0.2) is 48.7 Å². The number of nitrogen functional groups attached to an aromatic ring is 1. The van der Waals surface area contributed by atoms with E-state index in [-0.39, 0.29) is 17.1 Å². The zero-order valence-corrected chi connectivity index (χ0v) is 12.8. The molecule has 0 aliphatic carbocycles. The van der Waals surface area contributed by atoms with Gasteiger partial charge in [-0.1, -0.05) is 18.2 Å². The molecule has 0 saturated heterocycles. The van der Waals surface area contributed by atoms with Gasteiger partial charge in [-0.3, -0.25) is 5.01 Å². The van der Waals surface area contributed by atoms with Crippen LogP contribution in [0.5, 0.6) is 5.75 Å². The molecule has 0 heterocycles. The van der Waals surface area contributed by atoms with Gasteiger partial charge in [0.1, 0.15) is 5.69 Å². The highest BCUT2D eigenvalue weighted by Crippen LogP contribution is 2.36. The van der Waals surface area contributed by atoms with Gasteiger partial charge in [0.25, 0.3) is 0 Å². The molecule has 25 heavy (non-hydrogen) atoms. The lowest BCUT2D eigenvalue weighted by Gasteiger charge is -2.21. The van der Waals surface area contributed by atoms with Gasteiger partial charge < -0.3 is 16.2 Å². The molecule has 130 valence electrons. The average molecular weight is 349 g/mol. The lowest BCUT2D eigenvalue weighted by Crippen LogP contribution is -2.28. The minimum absolute atomic E-state index is 0.0203. The standard InChI is InChI=1S/C16H14F3N5O/c17-16(18,19)25-14-3-1-2-12(21)15(14)24(23)9-13(22)11-6-4-10(8-20)5-7-11/h1-7,9H,21-23H2/b13-9-. The molecular weight excluding hydrogens is 335 g/mol. The SMILES string of the molecule is N#Cc1ccc(/C(N)=C/N(N)c2c(N)cccc2OC(F)(F)F)cc1. The molecule has 0 fully saturated rings. The van der Waals surface area contributed by atoms with Gasteiger partial charge in [-0.2, -0.15) is 5.26 Å². The molecule has 9 heteroatoms. The number of nitrogens with two attached hydrogens (primary N) is 3. The Balaban J connectivity index is 2.36. The van der Waals surface area contributed by atoms with E-state index >= 15 is 0 Å². The minimum atomic E-state index is -4.90. The molecule has 0 atom stereocenters. The number of hydrazine groups is 1. The topological polar surface area (TPSA) is 114 Å². The lowest BCUT2D eigenvalue weighted by molar-refractivity contribution is -0.274. The maximum absolute atomic E-state index is 12.5. The highest BCUT2D eigenvalue weighted by molar-refractivity contribution is 5.77. The Morgan fingerprint density at radius 1 is 1.16 bits per heavy atom. The van der Waals surface area contributed by atoms with Crippen LogP contribution in [0.1, 0.15) is 11.1 Å². The first-order valence-electron chi connectivity index (χ1n) is 6.87. The highest BCUT2D eigenvalue weighted by Gasteiger charge is 2.33. The largest absolute Gasteiger partial charge is 0.573 e. The van der Waals surface area contributed by atoms with Gasteiger partial charge in [0.15, 0.2) is 5.75 Å². The van der Waals surface area contributed by atoms with E-state index in [0.717, 1.165) is 11.1 Å². The highest BCUT2D eigenvalue weighted by atomic mass is 19.4. The van der Waals surface area contributed by atoms with Gasteiger partial charge in [0.2, 0.25) is 0 Å². The molecule has 0 unspecified atom stereocenters. The second-order valence-corrected chi connectivity index (χ2v) is 4.92. The zero-order valence-electron chi connectivity index (χ0n) is 12.8. The maximum atomic E-state index is 12.5. The van der Waals surface area contributed by atoms with Crippen LogP contribution in [0.3, 0.4) is 0 Å². The number of anilines is 2. The van der Waals surface area contributed by atoms with Crippen LogP contribution in [0.2, 0.25) is 0 Å². The van der Waals surface area contributed by atoms with Crippen molar-refractivity contribution in [3.05, 3.63) is 59.8 Å². The summed E-state index contributed by atoms with van der Waals surface area (Å²) in [6, 6.07) is 12.0. The Morgan fingerprint density at radius 2 is 1.80 bits per heavy atom. The van der Waals surface area contributed by atoms with Crippen molar-refractivity contribution in [2.75, 3.05) is 10.7 Å². The molecule has 2 aromatic carbocycles. The summed E-state index contributed by atoms with van der Waals surface area (Å²) in [6.45, 7) is 0. The summed E-state index contributed by atoms with van der Waals surface area (Å²) in [5, 5.41) is 9.62. The van der Waals surface area contributed by atoms with Crippen LogP contribution in [-0.2, 0) is 0 Å². The van der Waals surface area contributed by atoms with E-state index in [2.05, 4.69) is 4.74 Å². The molecule has 2 aromatic rings. The Hall–Kier alpha value is -3.38. The average Bonchev–Trinajstić information content (AvgIpc) is 2.53. The van der Waals surface area contributed by atoms with Crippen molar-refractivity contribution in [2.45, 2.75) is 6.36 Å². The second-order valence-electron chi connectivity index (χ2n) is 4.92. The van der Waals surface area contributed by atoms with E-state index < -0.39 is 12.1 Å². The second kappa shape index (κ2) is 7.02. The summed E-state index contributed by atoms with van der Waals surface area (Å²) < 4.78 is 41.5. The van der Waals surface area contributed by atoms with Crippen LogP contribution in [0, 0.1) is 11.3 Å². The first-order chi connectivity index (χ1) is 11.7. The smallest absolute Gasteiger partial charge is 0.403 e. The Kier molecular flexibility index (Phi) is 5.05. The first-order valence-corrected chi connectivity index (χ1v) is 6.87. The number of halogens is 3. The van der Waals surface area contributed by atoms with E-state index in [1.54, 1.807) is 24.3 Å². The van der Waals surface area contributed by atoms with E-state index in [1.165, 1.54) is 18.3 Å². The molecule has 2 rings (SSSR count). The van der Waals surface area contributed by atoms with Gasteiger partial charge in [-0.15, -0.1) is 13.2 Å². The number of hydrogen-bond donors (Lipinski definition) is 3. The van der Waals surface area contributed by atoms with Crippen LogP contribution in [0.4, 0.5) is 24.5 Å². The van der Waals surface area contributed by atoms with Crippen LogP contribution in [-0.4, -0.2) is 6.36 Å². The molecule has 6 N–H and O–H groups in total.